The van der Waals surface area contributed by atoms with E-state index in [1.54, 1.807) is 6.92 Å². The van der Waals surface area contributed by atoms with Gasteiger partial charge in [-0.25, -0.2) is 0 Å². The minimum Gasteiger partial charge on any atom is -0.430 e. The Hall–Kier alpha value is -0.0151. The van der Waals surface area contributed by atoms with Gasteiger partial charge in [0, 0.05) is 6.61 Å². The van der Waals surface area contributed by atoms with Crippen molar-refractivity contribution in [2.24, 2.45) is 0 Å². The Morgan fingerprint density at radius 2 is 3.00 bits per heavy atom. The van der Waals surface area contributed by atoms with E-state index in [1.165, 1.54) is 0 Å². The van der Waals surface area contributed by atoms with Crippen LogP contribution in [0.1, 0.15) is 6.92 Å². The topological polar surface area (TPSA) is 29.5 Å². The largest absolute Gasteiger partial charge is 0.435 e. The van der Waals surface area contributed by atoms with Gasteiger partial charge in [-0.05, 0) is 6.92 Å². The molecule has 0 atom stereocenters. The second-order valence-corrected chi connectivity index (χ2v) is 0.561. The molecule has 0 aromatic heterocycles. The zero-order chi connectivity index (χ0) is 4.99. The maximum Gasteiger partial charge on any atom is 0.435 e. The Kier molecular flexibility index (Phi) is 2.54. The molecule has 0 aliphatic carbocycles. The van der Waals surface area contributed by atoms with Gasteiger partial charge in [-0.3, -0.25) is 0 Å². The van der Waals surface area contributed by atoms with Crippen LogP contribution in [0.4, 0.5) is 0 Å². The smallest absolute Gasteiger partial charge is 0.430 e. The maximum atomic E-state index is 8.00. The van der Waals surface area contributed by atoms with Crippen molar-refractivity contribution in [3.63, 3.8) is 0 Å². The second kappa shape index (κ2) is 3.98. The van der Waals surface area contributed by atoms with Gasteiger partial charge in [-0.2, -0.15) is 0 Å². The van der Waals surface area contributed by atoms with E-state index >= 15 is 0 Å². The minimum atomic E-state index is -1.35. The first-order chi connectivity index (χ1) is 2.77. The molecule has 0 bridgehead atoms. The monoisotopic (exact) mass is 75.1 g/mol. The van der Waals surface area contributed by atoms with Crippen LogP contribution in [-0.2, 0) is 4.65 Å². The van der Waals surface area contributed by atoms with E-state index in [2.05, 4.69) is 4.65 Å². The molecule has 0 amide bonds. The van der Waals surface area contributed by atoms with Gasteiger partial charge in [-0.15, -0.1) is 0 Å². The lowest BCUT2D eigenvalue weighted by molar-refractivity contribution is 0.302. The Balaban J connectivity index is 2.63. The Bertz CT molecular complexity index is 32.7. The molecule has 0 rings (SSSR count). The van der Waals surface area contributed by atoms with Crippen LogP contribution in [0, 0.1) is 0 Å². The third-order valence-corrected chi connectivity index (χ3v) is 0.241. The molecule has 0 saturated carbocycles. The fourth-order valence-electron chi connectivity index (χ4n) is 0.0745. The molecular weight excluding hydrogens is 66.8 g/mol. The van der Waals surface area contributed by atoms with Crippen molar-refractivity contribution in [1.82, 2.24) is 0 Å². The van der Waals surface area contributed by atoms with Gasteiger partial charge in [0.2, 0.25) is 0 Å². The zero-order valence-corrected chi connectivity index (χ0v) is 3.14. The molecule has 0 fully saturated rings. The first kappa shape index (κ1) is 3.19. The van der Waals surface area contributed by atoms with Gasteiger partial charge in [0.1, 0.15) is 0 Å². The van der Waals surface area contributed by atoms with Crippen LogP contribution in [0.25, 0.3) is 0 Å². The molecular formula is C2H7BO2. The number of rotatable bonds is 2. The van der Waals surface area contributed by atoms with Gasteiger partial charge in [-0.1, -0.05) is 0 Å². The third-order valence-electron chi connectivity index (χ3n) is 0.241. The van der Waals surface area contributed by atoms with Gasteiger partial charge in [0.15, 0.2) is 0 Å². The third kappa shape index (κ3) is 3.98. The summed E-state index contributed by atoms with van der Waals surface area (Å²) < 4.78 is 10.6. The van der Waals surface area contributed by atoms with Crippen LogP contribution in [0.3, 0.4) is 0 Å². The van der Waals surface area contributed by atoms with E-state index in [4.69, 9.17) is 6.36 Å². The van der Waals surface area contributed by atoms with Crippen molar-refractivity contribution in [2.75, 3.05) is 6.61 Å². The maximum absolute atomic E-state index is 8.00. The summed E-state index contributed by atoms with van der Waals surface area (Å²) in [5, 5.41) is 8.00. The highest BCUT2D eigenvalue weighted by molar-refractivity contribution is 6.15. The second-order valence-electron chi connectivity index (χ2n) is 0.561. The van der Waals surface area contributed by atoms with Gasteiger partial charge < -0.3 is 9.68 Å². The predicted molar refractivity (Wildman–Crippen MR) is 21.0 cm³/mol. The lowest BCUT2D eigenvalue weighted by atomic mass is 10.4. The van der Waals surface area contributed by atoms with Crippen LogP contribution >= 0.6 is 0 Å². The molecule has 5 heavy (non-hydrogen) atoms. The first-order valence-corrected chi connectivity index (χ1v) is 1.49. The molecule has 0 saturated heterocycles. The molecule has 0 radical (unpaired) electrons. The SMILES string of the molecule is [2H]B(O)OCC. The van der Waals surface area contributed by atoms with E-state index in [9.17, 15) is 0 Å². The van der Waals surface area contributed by atoms with E-state index < -0.39 is 7.65 Å². The average molecular weight is 74.9 g/mol. The quantitative estimate of drug-likeness (QED) is 0.439. The van der Waals surface area contributed by atoms with Crippen LogP contribution in [0.2, 0.25) is 0 Å². The van der Waals surface area contributed by atoms with E-state index in [-0.39, 0.29) is 0 Å². The molecule has 1 N–H and O–H groups in total. The summed E-state index contributed by atoms with van der Waals surface area (Å²) in [5.41, 5.74) is 0. The summed E-state index contributed by atoms with van der Waals surface area (Å²) in [6.45, 7) is 2.11. The summed E-state index contributed by atoms with van der Waals surface area (Å²) in [5.74, 6) is 0. The van der Waals surface area contributed by atoms with Crippen molar-refractivity contribution in [2.45, 2.75) is 6.92 Å². The molecule has 2 nitrogen and oxygen atoms in total. The van der Waals surface area contributed by atoms with Crippen molar-refractivity contribution in [3.8, 4) is 0 Å². The minimum absolute atomic E-state index is 0.394. The fraction of sp³-hybridized carbons (Fsp3) is 1.00. The molecule has 0 aliphatic rings. The van der Waals surface area contributed by atoms with Crippen molar-refractivity contribution >= 4 is 7.65 Å². The lowest BCUT2D eigenvalue weighted by Gasteiger charge is -1.83. The molecule has 0 spiro atoms. The molecule has 0 heterocycles. The van der Waals surface area contributed by atoms with E-state index in [1.807, 2.05) is 0 Å². The summed E-state index contributed by atoms with van der Waals surface area (Å²) in [6, 6.07) is 0. The molecule has 3 heteroatoms. The molecule has 0 aromatic rings. The highest BCUT2D eigenvalue weighted by Crippen LogP contribution is 1.57. The molecule has 0 unspecified atom stereocenters. The molecule has 0 aliphatic heterocycles. The van der Waals surface area contributed by atoms with Gasteiger partial charge in [0.25, 0.3) is 0 Å². The first-order valence-electron chi connectivity index (χ1n) is 2.07. The fourth-order valence-corrected chi connectivity index (χ4v) is 0.0745. The van der Waals surface area contributed by atoms with Crippen LogP contribution < -0.4 is 0 Å². The Labute approximate surface area is 33.4 Å². The molecule has 30 valence electrons. The summed E-state index contributed by atoms with van der Waals surface area (Å²) >= 11 is 0. The average Bonchev–Trinajstić information content (AvgIpc) is 1.35. The van der Waals surface area contributed by atoms with Crippen LogP contribution in [0.15, 0.2) is 0 Å². The summed E-state index contributed by atoms with van der Waals surface area (Å²) in [7, 11) is -1.35. The predicted octanol–water partition coefficient (Wildman–Crippen LogP) is -0.718. The van der Waals surface area contributed by atoms with Gasteiger partial charge >= 0.3 is 7.65 Å². The van der Waals surface area contributed by atoms with Gasteiger partial charge in [0.05, 0.1) is 1.34 Å². The van der Waals surface area contributed by atoms with Crippen molar-refractivity contribution in [3.05, 3.63) is 0 Å². The Morgan fingerprint density at radius 1 is 2.40 bits per heavy atom. The van der Waals surface area contributed by atoms with Crippen molar-refractivity contribution < 1.29 is 9.68 Å². The lowest BCUT2D eigenvalue weighted by Crippen LogP contribution is -1.93. The molecule has 0 aromatic carbocycles. The Morgan fingerprint density at radius 3 is 3.00 bits per heavy atom. The zero-order valence-electron chi connectivity index (χ0n) is 4.14. The summed E-state index contributed by atoms with van der Waals surface area (Å²) in [6.07, 6.45) is 0. The van der Waals surface area contributed by atoms with Crippen LogP contribution in [0.5, 0.6) is 0 Å². The normalized spacial score (nSPS) is 10.4. The number of hydrogen-bond donors (Lipinski definition) is 1. The standard InChI is InChI=1S/C2H7BO2/c1-2-5-3-4/h3-4H,2H2,1H3/i3D. The number of hydrogen-bond acceptors (Lipinski definition) is 2. The highest BCUT2D eigenvalue weighted by Gasteiger charge is 1.72. The van der Waals surface area contributed by atoms with E-state index in [0.29, 0.717) is 6.61 Å². The van der Waals surface area contributed by atoms with Crippen LogP contribution in [-0.4, -0.2) is 20.6 Å². The highest BCUT2D eigenvalue weighted by atomic mass is 16.5. The van der Waals surface area contributed by atoms with E-state index in [0.717, 1.165) is 0 Å². The summed E-state index contributed by atoms with van der Waals surface area (Å²) in [4.78, 5) is 0. The van der Waals surface area contributed by atoms with Crippen molar-refractivity contribution in [1.29, 1.82) is 1.34 Å².